The summed E-state index contributed by atoms with van der Waals surface area (Å²) in [5, 5.41) is 0. The van der Waals surface area contributed by atoms with E-state index in [1.165, 1.54) is 82.4 Å². The summed E-state index contributed by atoms with van der Waals surface area (Å²) in [6, 6.07) is 12.0. The largest absolute Gasteiger partial charge is 0.399 e. The third-order valence-corrected chi connectivity index (χ3v) is 17.0. The Bertz CT molecular complexity index is 1750. The van der Waals surface area contributed by atoms with Crippen molar-refractivity contribution in [3.8, 4) is 0 Å². The van der Waals surface area contributed by atoms with E-state index in [0.717, 1.165) is 76.2 Å². The number of fused-ring (bicyclic) bond motifs is 5. The van der Waals surface area contributed by atoms with Crippen LogP contribution < -0.4 is 11.5 Å². The van der Waals surface area contributed by atoms with E-state index in [1.807, 2.05) is 18.2 Å². The fourth-order valence-electron chi connectivity index (χ4n) is 14.0. The zero-order valence-electron chi connectivity index (χ0n) is 39.2. The molecule has 4 aliphatic carbocycles. The number of anilines is 2. The maximum atomic E-state index is 15.5. The fourth-order valence-corrected chi connectivity index (χ4v) is 14.0. The van der Waals surface area contributed by atoms with Crippen LogP contribution in [0, 0.1) is 46.3 Å². The van der Waals surface area contributed by atoms with Gasteiger partial charge in [0.25, 0.3) is 0 Å². The smallest absolute Gasteiger partial charge is 0.383 e. The third-order valence-electron chi connectivity index (χ3n) is 17.0. The highest BCUT2D eigenvalue weighted by Gasteiger charge is 2.63. The van der Waals surface area contributed by atoms with Crippen LogP contribution in [0.15, 0.2) is 42.5 Å². The van der Waals surface area contributed by atoms with E-state index in [-0.39, 0.29) is 40.1 Å². The predicted molar refractivity (Wildman–Crippen MR) is 249 cm³/mol. The van der Waals surface area contributed by atoms with Gasteiger partial charge in [-0.15, -0.1) is 0 Å². The maximum Gasteiger partial charge on any atom is 0.383 e. The number of hydrogen-bond donors (Lipinski definition) is 2. The van der Waals surface area contributed by atoms with E-state index in [4.69, 9.17) is 20.9 Å². The number of nitrogens with two attached hydrogens (primary N) is 2. The number of carbonyl (C=O) groups is 2. The molecule has 10 atom stereocenters. The van der Waals surface area contributed by atoms with E-state index in [0.29, 0.717) is 53.9 Å². The number of benzene rings is 2. The maximum absolute atomic E-state index is 15.5. The molecule has 0 aliphatic heterocycles. The number of nitrogen functional groups attached to an aromatic ring is 2. The molecule has 0 aromatic heterocycles. The molecule has 0 spiro atoms. The van der Waals surface area contributed by atoms with Crippen LogP contribution in [0.4, 0.5) is 20.2 Å². The first-order valence-corrected chi connectivity index (χ1v) is 25.3. The topological polar surface area (TPSA) is 105 Å². The number of ether oxygens (including phenoxy) is 2. The van der Waals surface area contributed by atoms with Gasteiger partial charge < -0.3 is 20.9 Å². The highest BCUT2D eigenvalue weighted by molar-refractivity contribution is 5.98. The van der Waals surface area contributed by atoms with Crippen LogP contribution in [0.3, 0.4) is 0 Å². The number of alkyl halides is 2. The average molecular weight is 861 g/mol. The fraction of sp³-hybridized carbons (Fsp3) is 0.741. The van der Waals surface area contributed by atoms with Gasteiger partial charge in [0.05, 0.1) is 17.2 Å². The van der Waals surface area contributed by atoms with E-state index in [1.54, 1.807) is 0 Å². The zero-order chi connectivity index (χ0) is 44.5. The lowest BCUT2D eigenvalue weighted by Gasteiger charge is -2.61. The van der Waals surface area contributed by atoms with Crippen LogP contribution in [0.1, 0.15) is 216 Å². The normalized spacial score (nSPS) is 30.0. The van der Waals surface area contributed by atoms with Crippen molar-refractivity contribution in [1.82, 2.24) is 0 Å². The second-order valence-electron chi connectivity index (χ2n) is 21.1. The van der Waals surface area contributed by atoms with Crippen LogP contribution >= 0.6 is 0 Å². The van der Waals surface area contributed by atoms with Crippen LogP contribution in [0.25, 0.3) is 0 Å². The van der Waals surface area contributed by atoms with Crippen LogP contribution in [0.2, 0.25) is 0 Å². The summed E-state index contributed by atoms with van der Waals surface area (Å²) in [4.78, 5) is 27.0. The Hall–Kier alpha value is -3.00. The quantitative estimate of drug-likeness (QED) is 0.0529. The Labute approximate surface area is 373 Å². The second kappa shape index (κ2) is 21.8. The predicted octanol–water partition coefficient (Wildman–Crippen LogP) is 14.9. The van der Waals surface area contributed by atoms with E-state index in [9.17, 15) is 9.59 Å². The van der Waals surface area contributed by atoms with Crippen molar-refractivity contribution in [2.75, 3.05) is 11.5 Å². The Morgan fingerprint density at radius 3 is 2.02 bits per heavy atom. The molecule has 0 radical (unpaired) electrons. The van der Waals surface area contributed by atoms with Gasteiger partial charge in [-0.2, -0.15) is 8.78 Å². The van der Waals surface area contributed by atoms with Crippen molar-refractivity contribution in [1.29, 1.82) is 0 Å². The Kier molecular flexibility index (Phi) is 17.0. The summed E-state index contributed by atoms with van der Waals surface area (Å²) in [6.45, 7) is 12.0. The van der Waals surface area contributed by atoms with Crippen molar-refractivity contribution in [3.63, 3.8) is 0 Å². The first-order chi connectivity index (χ1) is 29.7. The van der Waals surface area contributed by atoms with E-state index < -0.39 is 24.2 Å². The molecular formula is C54H82F2N2O4. The Balaban J connectivity index is 1.07. The molecule has 0 saturated heterocycles. The van der Waals surface area contributed by atoms with Crippen LogP contribution in [-0.4, -0.2) is 18.0 Å². The van der Waals surface area contributed by atoms with Gasteiger partial charge in [-0.05, 0) is 140 Å². The summed E-state index contributed by atoms with van der Waals surface area (Å²) in [7, 11) is 0. The summed E-state index contributed by atoms with van der Waals surface area (Å²) < 4.78 is 42.3. The van der Waals surface area contributed by atoms with Gasteiger partial charge in [-0.3, -0.25) is 4.79 Å². The molecule has 6 nitrogen and oxygen atoms in total. The lowest BCUT2D eigenvalue weighted by atomic mass is 9.44. The standard InChI is InChI=1S/C54H82F2N2O4/c1-6-8-9-10-11-12-13-14-15-16-17-18-19-25-49(59)61-51(60)44-24-21-20-23-43(44)46-36-48-45-27-26-38-34-42(62-54(55,56)39-32-40(57)35-41(58)33-39)28-30-52(38,4)47(45)29-31-53(48,5)50(46)37(3)22-7-2/h20-21,23-24,32-33,35,37-38,42,45-48,50H,6-19,22,25-31,34,36,57-58H2,1-5H3/t37-,38?,42?,45-,46?,47+,48+,50+,52+,53+/m1/s1. The lowest BCUT2D eigenvalue weighted by molar-refractivity contribution is -0.286. The van der Waals surface area contributed by atoms with E-state index >= 15 is 8.78 Å². The van der Waals surface area contributed by atoms with Crippen molar-refractivity contribution in [2.45, 2.75) is 207 Å². The second-order valence-corrected chi connectivity index (χ2v) is 21.1. The summed E-state index contributed by atoms with van der Waals surface area (Å²) in [6.07, 6.45) is 22.2. The van der Waals surface area contributed by atoms with Gasteiger partial charge in [0.15, 0.2) is 0 Å². The number of carbonyl (C=O) groups excluding carboxylic acids is 2. The van der Waals surface area contributed by atoms with Gasteiger partial charge in [-0.1, -0.05) is 143 Å². The van der Waals surface area contributed by atoms with Crippen molar-refractivity contribution >= 4 is 23.3 Å². The first-order valence-electron chi connectivity index (χ1n) is 25.3. The van der Waals surface area contributed by atoms with E-state index in [2.05, 4.69) is 40.7 Å². The van der Waals surface area contributed by atoms with Crippen molar-refractivity contribution in [3.05, 3.63) is 59.2 Å². The summed E-state index contributed by atoms with van der Waals surface area (Å²) >= 11 is 0. The number of unbranched alkanes of at least 4 members (excludes halogenated alkanes) is 12. The SMILES string of the molecule is CCCCCCCCCCCCCCCC(=O)OC(=O)c1ccccc1C1C[C@H]2[C@@H]3CCC4CC(OC(F)(F)c5cc(N)cc(N)c5)CC[C@]4(C)[C@H]3CC[C@]2(C)[C@H]1[C@H](C)CCC. The Morgan fingerprint density at radius 1 is 0.758 bits per heavy atom. The van der Waals surface area contributed by atoms with Gasteiger partial charge in [0, 0.05) is 17.8 Å². The minimum Gasteiger partial charge on any atom is -0.399 e. The first kappa shape index (κ1) is 48.5. The highest BCUT2D eigenvalue weighted by atomic mass is 19.3. The summed E-state index contributed by atoms with van der Waals surface area (Å²) in [5.41, 5.74) is 13.6. The molecule has 4 N–H and O–H groups in total. The lowest BCUT2D eigenvalue weighted by Crippen LogP contribution is -2.54. The minimum absolute atomic E-state index is 0.0684. The van der Waals surface area contributed by atoms with Crippen LogP contribution in [0.5, 0.6) is 0 Å². The van der Waals surface area contributed by atoms with Gasteiger partial charge in [0.1, 0.15) is 0 Å². The van der Waals surface area contributed by atoms with Gasteiger partial charge in [0.2, 0.25) is 0 Å². The number of esters is 2. The third kappa shape index (κ3) is 11.3. The molecule has 4 saturated carbocycles. The molecule has 4 aliphatic rings. The molecule has 4 fully saturated rings. The molecule has 0 heterocycles. The molecule has 2 aromatic rings. The zero-order valence-corrected chi connectivity index (χ0v) is 39.2. The molecule has 0 amide bonds. The van der Waals surface area contributed by atoms with Crippen molar-refractivity contribution < 1.29 is 27.8 Å². The van der Waals surface area contributed by atoms with Crippen LogP contribution in [-0.2, 0) is 20.4 Å². The average Bonchev–Trinajstić information content (AvgIpc) is 3.55. The van der Waals surface area contributed by atoms with Crippen molar-refractivity contribution in [2.24, 2.45) is 46.3 Å². The molecule has 346 valence electrons. The number of hydrogen-bond acceptors (Lipinski definition) is 6. The minimum atomic E-state index is -3.46. The molecule has 0 bridgehead atoms. The molecular weight excluding hydrogens is 779 g/mol. The molecule has 3 unspecified atom stereocenters. The molecule has 2 aromatic carbocycles. The van der Waals surface area contributed by atoms with Gasteiger partial charge in [-0.25, -0.2) is 4.79 Å². The monoisotopic (exact) mass is 861 g/mol. The number of rotatable bonds is 22. The highest BCUT2D eigenvalue weighted by Crippen LogP contribution is 2.71. The number of halogens is 2. The Morgan fingerprint density at radius 2 is 1.37 bits per heavy atom. The van der Waals surface area contributed by atoms with Gasteiger partial charge >= 0.3 is 18.0 Å². The molecule has 8 heteroatoms. The molecule has 62 heavy (non-hydrogen) atoms. The molecule has 6 rings (SSSR count). The summed E-state index contributed by atoms with van der Waals surface area (Å²) in [5.74, 6) is 2.07.